The first kappa shape index (κ1) is 13.9. The lowest BCUT2D eigenvalue weighted by atomic mass is 9.89. The van der Waals surface area contributed by atoms with Crippen molar-refractivity contribution in [2.45, 2.75) is 25.7 Å². The molecule has 100 valence electrons. The summed E-state index contributed by atoms with van der Waals surface area (Å²) in [6.07, 6.45) is 4.95. The van der Waals surface area contributed by atoms with Gasteiger partial charge in [0.2, 0.25) is 0 Å². The van der Waals surface area contributed by atoms with Gasteiger partial charge < -0.3 is 10.1 Å². The van der Waals surface area contributed by atoms with E-state index in [1.54, 1.807) is 13.2 Å². The fourth-order valence-corrected chi connectivity index (χ4v) is 3.91. The molecule has 2 rings (SSSR count). The Morgan fingerprint density at radius 1 is 1.56 bits per heavy atom. The third-order valence-corrected chi connectivity index (χ3v) is 5.70. The number of methoxy groups -OCH3 is 1. The summed E-state index contributed by atoms with van der Waals surface area (Å²) in [5.74, 6) is 0.761. The van der Waals surface area contributed by atoms with Crippen LogP contribution in [0, 0.1) is 5.41 Å². The SMILES string of the molecule is COc1csc(C(=O)NCC2(CBr)CCCC2)c1. The molecular formula is C13H18BrNO2S. The molecule has 0 radical (unpaired) electrons. The van der Waals surface area contributed by atoms with Crippen LogP contribution in [-0.2, 0) is 0 Å². The molecule has 1 amide bonds. The molecule has 0 spiro atoms. The molecule has 0 atom stereocenters. The lowest BCUT2D eigenvalue weighted by molar-refractivity contribution is 0.0939. The minimum Gasteiger partial charge on any atom is -0.496 e. The molecule has 1 N–H and O–H groups in total. The van der Waals surface area contributed by atoms with E-state index in [1.807, 2.05) is 5.38 Å². The van der Waals surface area contributed by atoms with Crippen LogP contribution in [0.15, 0.2) is 11.4 Å². The van der Waals surface area contributed by atoms with Gasteiger partial charge in [-0.05, 0) is 18.3 Å². The predicted molar refractivity (Wildman–Crippen MR) is 77.9 cm³/mol. The number of carbonyl (C=O) groups excluding carboxylic acids is 1. The minimum absolute atomic E-state index is 0.00975. The Balaban J connectivity index is 1.91. The zero-order valence-electron chi connectivity index (χ0n) is 10.5. The molecule has 0 saturated heterocycles. The van der Waals surface area contributed by atoms with Crippen molar-refractivity contribution in [1.29, 1.82) is 0 Å². The molecule has 1 fully saturated rings. The highest BCUT2D eigenvalue weighted by Gasteiger charge is 2.33. The third-order valence-electron chi connectivity index (χ3n) is 3.61. The van der Waals surface area contributed by atoms with E-state index >= 15 is 0 Å². The standard InChI is InChI=1S/C13H18BrNO2S/c1-17-10-6-11(18-7-10)12(16)15-9-13(8-14)4-2-3-5-13/h6-7H,2-5,8-9H2,1H3,(H,15,16). The highest BCUT2D eigenvalue weighted by Crippen LogP contribution is 2.39. The van der Waals surface area contributed by atoms with E-state index in [1.165, 1.54) is 37.0 Å². The largest absolute Gasteiger partial charge is 0.496 e. The van der Waals surface area contributed by atoms with Gasteiger partial charge in [0.1, 0.15) is 5.75 Å². The number of thiophene rings is 1. The van der Waals surface area contributed by atoms with Crippen molar-refractivity contribution >= 4 is 33.2 Å². The predicted octanol–water partition coefficient (Wildman–Crippen LogP) is 3.44. The zero-order chi connectivity index (χ0) is 13.0. The van der Waals surface area contributed by atoms with Gasteiger partial charge in [0, 0.05) is 23.3 Å². The molecule has 5 heteroatoms. The maximum Gasteiger partial charge on any atom is 0.261 e. The molecule has 0 aliphatic heterocycles. The van der Waals surface area contributed by atoms with E-state index in [2.05, 4.69) is 21.2 Å². The normalized spacial score (nSPS) is 17.7. The van der Waals surface area contributed by atoms with Crippen LogP contribution in [0.4, 0.5) is 0 Å². The summed E-state index contributed by atoms with van der Waals surface area (Å²) in [5.41, 5.74) is 0.261. The molecule has 1 heterocycles. The molecule has 18 heavy (non-hydrogen) atoms. The molecule has 3 nitrogen and oxygen atoms in total. The number of nitrogens with one attached hydrogen (secondary N) is 1. The van der Waals surface area contributed by atoms with Gasteiger partial charge in [-0.3, -0.25) is 4.79 Å². The van der Waals surface area contributed by atoms with E-state index in [4.69, 9.17) is 4.74 Å². The second-order valence-electron chi connectivity index (χ2n) is 4.87. The number of halogens is 1. The molecule has 1 aliphatic carbocycles. The summed E-state index contributed by atoms with van der Waals surface area (Å²) in [5, 5.41) is 5.87. The lowest BCUT2D eigenvalue weighted by Gasteiger charge is -2.26. The Hall–Kier alpha value is -0.550. The van der Waals surface area contributed by atoms with Crippen molar-refractivity contribution in [3.8, 4) is 5.75 Å². The molecule has 1 aliphatic rings. The summed E-state index contributed by atoms with van der Waals surface area (Å²) >= 11 is 5.01. The Kier molecular flexibility index (Phi) is 4.67. The van der Waals surface area contributed by atoms with Gasteiger partial charge in [-0.1, -0.05) is 28.8 Å². The first-order chi connectivity index (χ1) is 8.69. The van der Waals surface area contributed by atoms with Gasteiger partial charge >= 0.3 is 0 Å². The summed E-state index contributed by atoms with van der Waals surface area (Å²) < 4.78 is 5.09. The fourth-order valence-electron chi connectivity index (χ4n) is 2.38. The van der Waals surface area contributed by atoms with Gasteiger partial charge in [0.05, 0.1) is 12.0 Å². The van der Waals surface area contributed by atoms with Crippen molar-refractivity contribution < 1.29 is 9.53 Å². The first-order valence-corrected chi connectivity index (χ1v) is 8.16. The van der Waals surface area contributed by atoms with Gasteiger partial charge in [0.15, 0.2) is 0 Å². The number of hydrogen-bond acceptors (Lipinski definition) is 3. The van der Waals surface area contributed by atoms with Gasteiger partial charge in [-0.25, -0.2) is 0 Å². The fraction of sp³-hybridized carbons (Fsp3) is 0.615. The number of carbonyl (C=O) groups is 1. The summed E-state index contributed by atoms with van der Waals surface area (Å²) in [6, 6.07) is 1.79. The van der Waals surface area contributed by atoms with E-state index in [-0.39, 0.29) is 11.3 Å². The first-order valence-electron chi connectivity index (χ1n) is 6.16. The third kappa shape index (κ3) is 3.06. The maximum atomic E-state index is 12.0. The summed E-state index contributed by atoms with van der Waals surface area (Å²) in [7, 11) is 1.61. The molecule has 1 aromatic heterocycles. The highest BCUT2D eigenvalue weighted by atomic mass is 79.9. The Morgan fingerprint density at radius 2 is 2.28 bits per heavy atom. The number of amides is 1. The van der Waals surface area contributed by atoms with Crippen LogP contribution in [0.25, 0.3) is 0 Å². The van der Waals surface area contributed by atoms with E-state index in [0.717, 1.165) is 22.5 Å². The molecule has 1 saturated carbocycles. The van der Waals surface area contributed by atoms with Crippen LogP contribution < -0.4 is 10.1 Å². The molecule has 0 unspecified atom stereocenters. The van der Waals surface area contributed by atoms with E-state index in [9.17, 15) is 4.79 Å². The lowest BCUT2D eigenvalue weighted by Crippen LogP contribution is -2.36. The topological polar surface area (TPSA) is 38.3 Å². The Bertz CT molecular complexity index is 413. The second kappa shape index (κ2) is 6.06. The molecular weight excluding hydrogens is 314 g/mol. The smallest absolute Gasteiger partial charge is 0.261 e. The van der Waals surface area contributed by atoms with Crippen LogP contribution >= 0.6 is 27.3 Å². The second-order valence-corrected chi connectivity index (χ2v) is 6.35. The minimum atomic E-state index is 0.00975. The van der Waals surface area contributed by atoms with Gasteiger partial charge in [0.25, 0.3) is 5.91 Å². The zero-order valence-corrected chi connectivity index (χ0v) is 12.9. The number of ether oxygens (including phenoxy) is 1. The Morgan fingerprint density at radius 3 is 2.83 bits per heavy atom. The van der Waals surface area contributed by atoms with Crippen LogP contribution in [0.5, 0.6) is 5.75 Å². The van der Waals surface area contributed by atoms with Crippen molar-refractivity contribution in [3.63, 3.8) is 0 Å². The van der Waals surface area contributed by atoms with Crippen molar-refractivity contribution in [2.75, 3.05) is 19.0 Å². The van der Waals surface area contributed by atoms with Gasteiger partial charge in [-0.2, -0.15) is 0 Å². The number of rotatable bonds is 5. The van der Waals surface area contributed by atoms with Crippen molar-refractivity contribution in [1.82, 2.24) is 5.32 Å². The van der Waals surface area contributed by atoms with E-state index < -0.39 is 0 Å². The van der Waals surface area contributed by atoms with Crippen LogP contribution in [-0.4, -0.2) is 24.9 Å². The Labute approximate surface area is 120 Å². The molecule has 0 aromatic carbocycles. The van der Waals surface area contributed by atoms with Crippen molar-refractivity contribution in [2.24, 2.45) is 5.41 Å². The average molecular weight is 332 g/mol. The summed E-state index contributed by atoms with van der Waals surface area (Å²) in [6.45, 7) is 0.761. The van der Waals surface area contributed by atoms with Crippen LogP contribution in [0.2, 0.25) is 0 Å². The van der Waals surface area contributed by atoms with Crippen LogP contribution in [0.1, 0.15) is 35.4 Å². The highest BCUT2D eigenvalue weighted by molar-refractivity contribution is 9.09. The monoisotopic (exact) mass is 331 g/mol. The van der Waals surface area contributed by atoms with E-state index in [0.29, 0.717) is 0 Å². The maximum absolute atomic E-state index is 12.0. The number of alkyl halides is 1. The molecule has 0 bridgehead atoms. The van der Waals surface area contributed by atoms with Crippen molar-refractivity contribution in [3.05, 3.63) is 16.3 Å². The summed E-state index contributed by atoms with van der Waals surface area (Å²) in [4.78, 5) is 12.7. The van der Waals surface area contributed by atoms with Gasteiger partial charge in [-0.15, -0.1) is 11.3 Å². The average Bonchev–Trinajstić information content (AvgIpc) is 3.05. The number of hydrogen-bond donors (Lipinski definition) is 1. The quantitative estimate of drug-likeness (QED) is 0.839. The van der Waals surface area contributed by atoms with Crippen LogP contribution in [0.3, 0.4) is 0 Å². The molecule has 1 aromatic rings.